The van der Waals surface area contributed by atoms with Crippen LogP contribution in [-0.2, 0) is 6.54 Å². The Morgan fingerprint density at radius 2 is 1.18 bits per heavy atom. The summed E-state index contributed by atoms with van der Waals surface area (Å²) in [5.74, 6) is 0. The molecule has 2 nitrogen and oxygen atoms in total. The summed E-state index contributed by atoms with van der Waals surface area (Å²) in [6.45, 7) is 0.737. The summed E-state index contributed by atoms with van der Waals surface area (Å²) >= 11 is 0. The molecular formula is C20H20N2. The summed E-state index contributed by atoms with van der Waals surface area (Å²) in [6.07, 6.45) is 0. The maximum Gasteiger partial charge on any atom is 0.0579 e. The lowest BCUT2D eigenvalue weighted by Gasteiger charge is -2.20. The molecule has 3 aromatic rings. The number of anilines is 1. The van der Waals surface area contributed by atoms with E-state index in [1.807, 2.05) is 30.3 Å². The maximum atomic E-state index is 6.04. The van der Waals surface area contributed by atoms with Gasteiger partial charge in [0.2, 0.25) is 0 Å². The lowest BCUT2D eigenvalue weighted by molar-refractivity contribution is 0.606. The van der Waals surface area contributed by atoms with Crippen LogP contribution in [-0.4, -0.2) is 0 Å². The molecule has 0 aliphatic heterocycles. The maximum absolute atomic E-state index is 6.04. The van der Waals surface area contributed by atoms with Gasteiger partial charge in [0.05, 0.1) is 6.04 Å². The largest absolute Gasteiger partial charge is 0.398 e. The van der Waals surface area contributed by atoms with Crippen molar-refractivity contribution in [2.24, 2.45) is 0 Å². The number of nitrogens with two attached hydrogens (primary N) is 1. The molecule has 22 heavy (non-hydrogen) atoms. The van der Waals surface area contributed by atoms with Crippen LogP contribution >= 0.6 is 0 Å². The Kier molecular flexibility index (Phi) is 4.52. The Morgan fingerprint density at radius 3 is 1.73 bits per heavy atom. The lowest BCUT2D eigenvalue weighted by Crippen LogP contribution is -2.22. The SMILES string of the molecule is Nc1ccccc1CNC(c1ccccc1)c1ccccc1. The fraction of sp³-hybridized carbons (Fsp3) is 0.100. The zero-order valence-corrected chi connectivity index (χ0v) is 12.4. The van der Waals surface area contributed by atoms with Gasteiger partial charge in [0.1, 0.15) is 0 Å². The molecule has 3 aromatic carbocycles. The van der Waals surface area contributed by atoms with Crippen LogP contribution in [0.4, 0.5) is 5.69 Å². The van der Waals surface area contributed by atoms with Crippen molar-refractivity contribution in [1.82, 2.24) is 5.32 Å². The van der Waals surface area contributed by atoms with Gasteiger partial charge in [-0.15, -0.1) is 0 Å². The minimum absolute atomic E-state index is 0.155. The van der Waals surface area contributed by atoms with Crippen LogP contribution in [0.25, 0.3) is 0 Å². The van der Waals surface area contributed by atoms with Crippen molar-refractivity contribution >= 4 is 5.69 Å². The first kappa shape index (κ1) is 14.4. The molecule has 0 saturated carbocycles. The normalized spacial score (nSPS) is 10.8. The number of para-hydroxylation sites is 1. The van der Waals surface area contributed by atoms with Gasteiger partial charge in [0.15, 0.2) is 0 Å². The van der Waals surface area contributed by atoms with Gasteiger partial charge in [0, 0.05) is 12.2 Å². The Morgan fingerprint density at radius 1 is 0.682 bits per heavy atom. The molecule has 110 valence electrons. The predicted octanol–water partition coefficient (Wildman–Crippen LogP) is 4.15. The zero-order chi connectivity index (χ0) is 15.2. The minimum Gasteiger partial charge on any atom is -0.398 e. The van der Waals surface area contributed by atoms with E-state index in [0.717, 1.165) is 17.8 Å². The molecule has 0 aliphatic carbocycles. The summed E-state index contributed by atoms with van der Waals surface area (Å²) in [6, 6.07) is 29.1. The van der Waals surface area contributed by atoms with Gasteiger partial charge < -0.3 is 11.1 Å². The summed E-state index contributed by atoms with van der Waals surface area (Å²) in [7, 11) is 0. The minimum atomic E-state index is 0.155. The molecule has 0 heterocycles. The number of nitrogen functional groups attached to an aromatic ring is 1. The second kappa shape index (κ2) is 6.92. The van der Waals surface area contributed by atoms with Crippen LogP contribution in [0.3, 0.4) is 0 Å². The quantitative estimate of drug-likeness (QED) is 0.692. The molecule has 2 heteroatoms. The van der Waals surface area contributed by atoms with Gasteiger partial charge in [-0.2, -0.15) is 0 Å². The first-order valence-electron chi connectivity index (χ1n) is 7.51. The number of nitrogens with one attached hydrogen (secondary N) is 1. The first-order chi connectivity index (χ1) is 10.8. The molecule has 0 fully saturated rings. The van der Waals surface area contributed by atoms with Gasteiger partial charge >= 0.3 is 0 Å². The van der Waals surface area contributed by atoms with E-state index >= 15 is 0 Å². The summed E-state index contributed by atoms with van der Waals surface area (Å²) in [5, 5.41) is 3.63. The summed E-state index contributed by atoms with van der Waals surface area (Å²) < 4.78 is 0. The standard InChI is InChI=1S/C20H20N2/c21-19-14-8-7-13-18(19)15-22-20(16-9-3-1-4-10-16)17-11-5-2-6-12-17/h1-14,20,22H,15,21H2. The fourth-order valence-electron chi connectivity index (χ4n) is 2.63. The third-order valence-electron chi connectivity index (χ3n) is 3.82. The highest BCUT2D eigenvalue weighted by molar-refractivity contribution is 5.46. The molecule has 0 aromatic heterocycles. The van der Waals surface area contributed by atoms with Crippen molar-refractivity contribution < 1.29 is 0 Å². The molecule has 3 N–H and O–H groups in total. The van der Waals surface area contributed by atoms with E-state index in [-0.39, 0.29) is 6.04 Å². The predicted molar refractivity (Wildman–Crippen MR) is 92.4 cm³/mol. The monoisotopic (exact) mass is 288 g/mol. The van der Waals surface area contributed by atoms with E-state index in [1.54, 1.807) is 0 Å². The Balaban J connectivity index is 1.85. The highest BCUT2D eigenvalue weighted by Crippen LogP contribution is 2.23. The van der Waals surface area contributed by atoms with E-state index in [2.05, 4.69) is 59.9 Å². The van der Waals surface area contributed by atoms with Crippen LogP contribution < -0.4 is 11.1 Å². The molecule has 0 saturated heterocycles. The number of benzene rings is 3. The molecule has 0 unspecified atom stereocenters. The van der Waals surface area contributed by atoms with Crippen LogP contribution in [0.15, 0.2) is 84.9 Å². The lowest BCUT2D eigenvalue weighted by atomic mass is 9.98. The first-order valence-corrected chi connectivity index (χ1v) is 7.51. The van der Waals surface area contributed by atoms with E-state index in [0.29, 0.717) is 0 Å². The van der Waals surface area contributed by atoms with Gasteiger partial charge in [-0.25, -0.2) is 0 Å². The van der Waals surface area contributed by atoms with Crippen LogP contribution in [0.2, 0.25) is 0 Å². The molecule has 3 rings (SSSR count). The smallest absolute Gasteiger partial charge is 0.0579 e. The molecule has 0 atom stereocenters. The van der Waals surface area contributed by atoms with Crippen molar-refractivity contribution in [3.63, 3.8) is 0 Å². The van der Waals surface area contributed by atoms with Crippen LogP contribution in [0.5, 0.6) is 0 Å². The van der Waals surface area contributed by atoms with Crippen molar-refractivity contribution in [3.05, 3.63) is 102 Å². The van der Waals surface area contributed by atoms with Crippen LogP contribution in [0, 0.1) is 0 Å². The highest BCUT2D eigenvalue weighted by atomic mass is 14.9. The Hall–Kier alpha value is -2.58. The van der Waals surface area contributed by atoms with E-state index < -0.39 is 0 Å². The number of hydrogen-bond donors (Lipinski definition) is 2. The van der Waals surface area contributed by atoms with Gasteiger partial charge in [-0.05, 0) is 22.8 Å². The topological polar surface area (TPSA) is 38.0 Å². The van der Waals surface area contributed by atoms with Gasteiger partial charge in [-0.1, -0.05) is 78.9 Å². The van der Waals surface area contributed by atoms with E-state index in [9.17, 15) is 0 Å². The second-order valence-electron chi connectivity index (χ2n) is 5.33. The summed E-state index contributed by atoms with van der Waals surface area (Å²) in [5.41, 5.74) is 10.5. The van der Waals surface area contributed by atoms with Crippen molar-refractivity contribution in [2.75, 3.05) is 5.73 Å². The van der Waals surface area contributed by atoms with Gasteiger partial charge in [0.25, 0.3) is 0 Å². The number of rotatable bonds is 5. The molecule has 0 amide bonds. The van der Waals surface area contributed by atoms with Crippen LogP contribution in [0.1, 0.15) is 22.7 Å². The third kappa shape index (κ3) is 3.35. The van der Waals surface area contributed by atoms with Crippen molar-refractivity contribution in [2.45, 2.75) is 12.6 Å². The highest BCUT2D eigenvalue weighted by Gasteiger charge is 2.13. The number of hydrogen-bond acceptors (Lipinski definition) is 2. The zero-order valence-electron chi connectivity index (χ0n) is 12.4. The molecule has 0 radical (unpaired) electrons. The Labute approximate surface area is 131 Å². The second-order valence-corrected chi connectivity index (χ2v) is 5.33. The molecular weight excluding hydrogens is 268 g/mol. The third-order valence-corrected chi connectivity index (χ3v) is 3.82. The fourth-order valence-corrected chi connectivity index (χ4v) is 2.63. The van der Waals surface area contributed by atoms with E-state index in [1.165, 1.54) is 11.1 Å². The van der Waals surface area contributed by atoms with Gasteiger partial charge in [-0.3, -0.25) is 0 Å². The Bertz CT molecular complexity index is 669. The van der Waals surface area contributed by atoms with Crippen molar-refractivity contribution in [1.29, 1.82) is 0 Å². The summed E-state index contributed by atoms with van der Waals surface area (Å²) in [4.78, 5) is 0. The average molecular weight is 288 g/mol. The van der Waals surface area contributed by atoms with Crippen molar-refractivity contribution in [3.8, 4) is 0 Å². The molecule has 0 spiro atoms. The van der Waals surface area contributed by atoms with E-state index in [4.69, 9.17) is 5.73 Å². The average Bonchev–Trinajstić information content (AvgIpc) is 2.59. The molecule has 0 bridgehead atoms. The molecule has 0 aliphatic rings.